The van der Waals surface area contributed by atoms with Crippen molar-refractivity contribution in [3.8, 4) is 6.07 Å². The normalized spacial score (nSPS) is 14.3. The molecule has 3 aromatic rings. The molecule has 0 spiro atoms. The van der Waals surface area contributed by atoms with Crippen molar-refractivity contribution in [1.82, 2.24) is 9.97 Å². The number of thiophene rings is 1. The molecule has 0 aliphatic heterocycles. The van der Waals surface area contributed by atoms with Crippen molar-refractivity contribution in [2.45, 2.75) is 25.7 Å². The molecule has 124 valence electrons. The van der Waals surface area contributed by atoms with E-state index in [0.717, 1.165) is 41.6 Å². The van der Waals surface area contributed by atoms with Gasteiger partial charge in [-0.25, -0.2) is 4.98 Å². The van der Waals surface area contributed by atoms with Crippen LogP contribution < -0.4 is 5.56 Å². The SMILES string of the molecule is N#C/C(=C\c1cccc(Cl)c1)c1nc2sc3c(c2c(=O)[nH]1)CCCC3. The molecule has 0 saturated carbocycles. The second kappa shape index (κ2) is 6.47. The summed E-state index contributed by atoms with van der Waals surface area (Å²) < 4.78 is 0. The Hall–Kier alpha value is -2.42. The molecule has 0 unspecified atom stereocenters. The van der Waals surface area contributed by atoms with E-state index >= 15 is 0 Å². The number of nitriles is 1. The molecule has 0 amide bonds. The van der Waals surface area contributed by atoms with E-state index in [2.05, 4.69) is 16.0 Å². The van der Waals surface area contributed by atoms with Crippen LogP contribution in [-0.4, -0.2) is 9.97 Å². The highest BCUT2D eigenvalue weighted by atomic mass is 35.5. The number of H-pyrrole nitrogens is 1. The molecule has 1 aliphatic carbocycles. The zero-order valence-electron chi connectivity index (χ0n) is 13.3. The van der Waals surface area contributed by atoms with Crippen LogP contribution >= 0.6 is 22.9 Å². The Bertz CT molecular complexity index is 1100. The van der Waals surface area contributed by atoms with E-state index in [1.165, 1.54) is 4.88 Å². The van der Waals surface area contributed by atoms with Gasteiger partial charge in [0.05, 0.1) is 11.0 Å². The number of nitrogens with zero attached hydrogens (tertiary/aromatic N) is 2. The van der Waals surface area contributed by atoms with E-state index in [4.69, 9.17) is 11.6 Å². The molecule has 25 heavy (non-hydrogen) atoms. The summed E-state index contributed by atoms with van der Waals surface area (Å²) in [6.07, 6.45) is 5.89. The summed E-state index contributed by atoms with van der Waals surface area (Å²) in [6, 6.07) is 9.33. The van der Waals surface area contributed by atoms with Crippen LogP contribution in [0.15, 0.2) is 29.1 Å². The Kier molecular flexibility index (Phi) is 4.16. The first-order chi connectivity index (χ1) is 12.2. The second-order valence-electron chi connectivity index (χ2n) is 6.03. The topological polar surface area (TPSA) is 69.5 Å². The average molecular weight is 368 g/mol. The van der Waals surface area contributed by atoms with Crippen molar-refractivity contribution in [3.05, 3.63) is 61.5 Å². The van der Waals surface area contributed by atoms with Gasteiger partial charge in [-0.05, 0) is 55.0 Å². The van der Waals surface area contributed by atoms with Crippen LogP contribution in [0.25, 0.3) is 21.9 Å². The van der Waals surface area contributed by atoms with Gasteiger partial charge in [0.25, 0.3) is 5.56 Å². The quantitative estimate of drug-likeness (QED) is 0.674. The lowest BCUT2D eigenvalue weighted by atomic mass is 9.97. The Labute approximate surface area is 153 Å². The number of benzene rings is 1. The molecule has 2 aromatic heterocycles. The Morgan fingerprint density at radius 2 is 2.20 bits per heavy atom. The number of allylic oxidation sites excluding steroid dienone is 1. The fraction of sp³-hybridized carbons (Fsp3) is 0.211. The van der Waals surface area contributed by atoms with Crippen LogP contribution in [-0.2, 0) is 12.8 Å². The highest BCUT2D eigenvalue weighted by Crippen LogP contribution is 2.34. The summed E-state index contributed by atoms with van der Waals surface area (Å²) in [6.45, 7) is 0. The third-order valence-electron chi connectivity index (χ3n) is 4.36. The monoisotopic (exact) mass is 367 g/mol. The predicted octanol–water partition coefficient (Wildman–Crippen LogP) is 4.58. The molecular formula is C19H14ClN3OS. The number of aromatic amines is 1. The molecule has 1 N–H and O–H groups in total. The van der Waals surface area contributed by atoms with Gasteiger partial charge in [-0.15, -0.1) is 11.3 Å². The summed E-state index contributed by atoms with van der Waals surface area (Å²) in [4.78, 5) is 21.9. The summed E-state index contributed by atoms with van der Waals surface area (Å²) in [5.41, 5.74) is 2.08. The van der Waals surface area contributed by atoms with Gasteiger partial charge >= 0.3 is 0 Å². The van der Waals surface area contributed by atoms with Gasteiger partial charge in [0.15, 0.2) is 5.82 Å². The Morgan fingerprint density at radius 3 is 3.00 bits per heavy atom. The molecular weight excluding hydrogens is 354 g/mol. The summed E-state index contributed by atoms with van der Waals surface area (Å²) in [7, 11) is 0. The standard InChI is InChI=1S/C19H14ClN3OS/c20-13-5-3-4-11(9-13)8-12(10-21)17-22-18(24)16-14-6-1-2-7-15(14)25-19(16)23-17/h3-5,8-9H,1-2,6-7H2,(H,22,23,24)/b12-8+. The van der Waals surface area contributed by atoms with Gasteiger partial charge < -0.3 is 4.98 Å². The van der Waals surface area contributed by atoms with E-state index in [1.807, 2.05) is 12.1 Å². The molecule has 6 heteroatoms. The number of fused-ring (bicyclic) bond motifs is 3. The third-order valence-corrected chi connectivity index (χ3v) is 5.78. The lowest BCUT2D eigenvalue weighted by Crippen LogP contribution is -2.12. The summed E-state index contributed by atoms with van der Waals surface area (Å²) in [5.74, 6) is 0.304. The molecule has 0 bridgehead atoms. The second-order valence-corrected chi connectivity index (χ2v) is 7.55. The van der Waals surface area contributed by atoms with Crippen LogP contribution in [0.4, 0.5) is 0 Å². The van der Waals surface area contributed by atoms with Gasteiger partial charge in [-0.3, -0.25) is 4.79 Å². The van der Waals surface area contributed by atoms with Crippen molar-refractivity contribution in [1.29, 1.82) is 5.26 Å². The fourth-order valence-corrected chi connectivity index (χ4v) is 4.67. The van der Waals surface area contributed by atoms with Crippen molar-refractivity contribution in [2.24, 2.45) is 0 Å². The third kappa shape index (κ3) is 2.99. The van der Waals surface area contributed by atoms with Crippen LogP contribution in [0, 0.1) is 11.3 Å². The zero-order chi connectivity index (χ0) is 17.4. The number of aryl methyl sites for hydroxylation is 2. The van der Waals surface area contributed by atoms with E-state index in [9.17, 15) is 10.1 Å². The highest BCUT2D eigenvalue weighted by Gasteiger charge is 2.20. The van der Waals surface area contributed by atoms with Crippen molar-refractivity contribution < 1.29 is 0 Å². The van der Waals surface area contributed by atoms with Gasteiger partial charge in [-0.2, -0.15) is 5.26 Å². The minimum atomic E-state index is -0.161. The summed E-state index contributed by atoms with van der Waals surface area (Å²) >= 11 is 7.57. The van der Waals surface area contributed by atoms with E-state index < -0.39 is 0 Å². The summed E-state index contributed by atoms with van der Waals surface area (Å²) in [5, 5.41) is 10.8. The first-order valence-corrected chi connectivity index (χ1v) is 9.27. The number of nitrogens with one attached hydrogen (secondary N) is 1. The highest BCUT2D eigenvalue weighted by molar-refractivity contribution is 7.18. The van der Waals surface area contributed by atoms with Crippen molar-refractivity contribution in [2.75, 3.05) is 0 Å². The number of hydrogen-bond acceptors (Lipinski definition) is 4. The average Bonchev–Trinajstić information content (AvgIpc) is 2.98. The van der Waals surface area contributed by atoms with E-state index in [1.54, 1.807) is 29.5 Å². The van der Waals surface area contributed by atoms with Gasteiger partial charge in [0.1, 0.15) is 10.9 Å². The smallest absolute Gasteiger partial charge is 0.260 e. The largest absolute Gasteiger partial charge is 0.305 e. The first-order valence-electron chi connectivity index (χ1n) is 8.08. The van der Waals surface area contributed by atoms with Crippen molar-refractivity contribution >= 4 is 44.8 Å². The fourth-order valence-electron chi connectivity index (χ4n) is 3.21. The van der Waals surface area contributed by atoms with E-state index in [0.29, 0.717) is 21.8 Å². The van der Waals surface area contributed by atoms with Crippen LogP contribution in [0.2, 0.25) is 5.02 Å². The molecule has 0 radical (unpaired) electrons. The Morgan fingerprint density at radius 1 is 1.36 bits per heavy atom. The van der Waals surface area contributed by atoms with Crippen LogP contribution in [0.1, 0.15) is 34.7 Å². The number of halogens is 1. The van der Waals surface area contributed by atoms with Gasteiger partial charge in [0, 0.05) is 9.90 Å². The molecule has 1 aliphatic rings. The molecule has 1 aromatic carbocycles. The van der Waals surface area contributed by atoms with Crippen LogP contribution in [0.5, 0.6) is 0 Å². The maximum absolute atomic E-state index is 12.6. The number of rotatable bonds is 2. The minimum absolute atomic E-state index is 0.161. The first kappa shape index (κ1) is 16.1. The molecule has 0 saturated heterocycles. The van der Waals surface area contributed by atoms with Crippen molar-refractivity contribution in [3.63, 3.8) is 0 Å². The lowest BCUT2D eigenvalue weighted by molar-refractivity contribution is 0.700. The Balaban J connectivity index is 1.86. The maximum Gasteiger partial charge on any atom is 0.260 e. The zero-order valence-corrected chi connectivity index (χ0v) is 14.9. The van der Waals surface area contributed by atoms with Gasteiger partial charge in [-0.1, -0.05) is 23.7 Å². The van der Waals surface area contributed by atoms with Gasteiger partial charge in [0.2, 0.25) is 0 Å². The predicted molar refractivity (Wildman–Crippen MR) is 102 cm³/mol. The molecule has 0 atom stereocenters. The molecule has 4 nitrogen and oxygen atoms in total. The molecule has 4 rings (SSSR count). The lowest BCUT2D eigenvalue weighted by Gasteiger charge is -2.09. The number of aromatic nitrogens is 2. The minimum Gasteiger partial charge on any atom is -0.305 e. The molecule has 2 heterocycles. The van der Waals surface area contributed by atoms with Crippen LogP contribution in [0.3, 0.4) is 0 Å². The maximum atomic E-state index is 12.6. The van der Waals surface area contributed by atoms with E-state index in [-0.39, 0.29) is 5.56 Å². The molecule has 0 fully saturated rings. The number of hydrogen-bond donors (Lipinski definition) is 1.